The summed E-state index contributed by atoms with van der Waals surface area (Å²) in [6, 6.07) is 3.23. The van der Waals surface area contributed by atoms with E-state index in [2.05, 4.69) is 5.32 Å². The molecule has 8 heteroatoms. The van der Waals surface area contributed by atoms with E-state index in [0.717, 1.165) is 16.2 Å². The lowest BCUT2D eigenvalue weighted by Crippen LogP contribution is -2.49. The molecule has 0 atom stereocenters. The van der Waals surface area contributed by atoms with Crippen molar-refractivity contribution in [2.75, 3.05) is 19.6 Å². The number of carbonyl (C=O) groups is 1. The second-order valence-electron chi connectivity index (χ2n) is 3.61. The van der Waals surface area contributed by atoms with Crippen LogP contribution in [-0.2, 0) is 21.4 Å². The Labute approximate surface area is 103 Å². The number of nitrogens with two attached hydrogens (primary N) is 1. The van der Waals surface area contributed by atoms with E-state index >= 15 is 0 Å². The number of carbonyl (C=O) groups excluding carboxylic acids is 1. The highest BCUT2D eigenvalue weighted by Gasteiger charge is 2.30. The van der Waals surface area contributed by atoms with Crippen LogP contribution >= 0.6 is 11.3 Å². The van der Waals surface area contributed by atoms with Crippen LogP contribution in [0.5, 0.6) is 0 Å². The Morgan fingerprint density at radius 1 is 1.47 bits per heavy atom. The van der Waals surface area contributed by atoms with Gasteiger partial charge in [0.1, 0.15) is 4.21 Å². The molecule has 0 bridgehead atoms. The van der Waals surface area contributed by atoms with Gasteiger partial charge in [-0.1, -0.05) is 0 Å². The summed E-state index contributed by atoms with van der Waals surface area (Å²) in [5.41, 5.74) is 5.44. The second-order valence-corrected chi connectivity index (χ2v) is 6.95. The smallest absolute Gasteiger partial charge is 0.253 e. The lowest BCUT2D eigenvalue weighted by Gasteiger charge is -2.25. The monoisotopic (exact) mass is 275 g/mol. The Balaban J connectivity index is 2.26. The van der Waals surface area contributed by atoms with Crippen molar-refractivity contribution in [2.24, 2.45) is 5.73 Å². The maximum atomic E-state index is 12.2. The van der Waals surface area contributed by atoms with E-state index in [1.807, 2.05) is 0 Å². The molecule has 17 heavy (non-hydrogen) atoms. The number of hydrogen-bond donors (Lipinski definition) is 2. The first kappa shape index (κ1) is 12.5. The Morgan fingerprint density at radius 2 is 2.24 bits per heavy atom. The number of piperazine rings is 1. The summed E-state index contributed by atoms with van der Waals surface area (Å²) in [5, 5.41) is 2.59. The fourth-order valence-corrected chi connectivity index (χ4v) is 4.34. The van der Waals surface area contributed by atoms with Crippen molar-refractivity contribution in [3.8, 4) is 0 Å². The average molecular weight is 275 g/mol. The van der Waals surface area contributed by atoms with Crippen molar-refractivity contribution in [3.63, 3.8) is 0 Å². The van der Waals surface area contributed by atoms with Crippen molar-refractivity contribution >= 4 is 27.3 Å². The number of hydrogen-bond acceptors (Lipinski definition) is 5. The first-order valence-corrected chi connectivity index (χ1v) is 7.35. The molecule has 0 saturated carbocycles. The van der Waals surface area contributed by atoms with E-state index < -0.39 is 10.0 Å². The van der Waals surface area contributed by atoms with Gasteiger partial charge in [-0.15, -0.1) is 11.3 Å². The molecule has 1 fully saturated rings. The van der Waals surface area contributed by atoms with Crippen LogP contribution in [0.15, 0.2) is 16.3 Å². The zero-order valence-corrected chi connectivity index (χ0v) is 10.7. The van der Waals surface area contributed by atoms with E-state index in [0.29, 0.717) is 19.6 Å². The maximum Gasteiger partial charge on any atom is 0.253 e. The summed E-state index contributed by atoms with van der Waals surface area (Å²) in [6.45, 7) is 0.871. The molecule has 3 N–H and O–H groups in total. The largest absolute Gasteiger partial charge is 0.354 e. The van der Waals surface area contributed by atoms with E-state index in [4.69, 9.17) is 5.73 Å². The Bertz CT molecular complexity index is 523. The Morgan fingerprint density at radius 3 is 2.82 bits per heavy atom. The molecule has 0 radical (unpaired) electrons. The van der Waals surface area contributed by atoms with Crippen molar-refractivity contribution in [2.45, 2.75) is 10.8 Å². The Kier molecular flexibility index (Phi) is 3.48. The van der Waals surface area contributed by atoms with Crippen molar-refractivity contribution < 1.29 is 13.2 Å². The minimum Gasteiger partial charge on any atom is -0.354 e. The van der Waals surface area contributed by atoms with Crippen LogP contribution < -0.4 is 11.1 Å². The summed E-state index contributed by atoms with van der Waals surface area (Å²) < 4.78 is 25.8. The molecule has 1 aromatic heterocycles. The van der Waals surface area contributed by atoms with Gasteiger partial charge in [0.05, 0.1) is 6.54 Å². The zero-order chi connectivity index (χ0) is 12.5. The van der Waals surface area contributed by atoms with Crippen LogP contribution in [0.25, 0.3) is 0 Å². The fourth-order valence-electron chi connectivity index (χ4n) is 1.55. The van der Waals surface area contributed by atoms with Crippen molar-refractivity contribution in [1.82, 2.24) is 9.62 Å². The predicted octanol–water partition coefficient (Wildman–Crippen LogP) is -0.673. The predicted molar refractivity (Wildman–Crippen MR) is 64.0 cm³/mol. The third kappa shape index (κ3) is 2.49. The number of sulfonamides is 1. The number of nitrogens with one attached hydrogen (secondary N) is 1. The summed E-state index contributed by atoms with van der Waals surface area (Å²) in [4.78, 5) is 12.0. The molecule has 0 aliphatic carbocycles. The third-order valence-electron chi connectivity index (χ3n) is 2.44. The molecule has 1 aliphatic rings. The number of amides is 1. The molecule has 0 aromatic carbocycles. The number of thiophene rings is 1. The van der Waals surface area contributed by atoms with E-state index in [1.165, 1.54) is 10.4 Å². The van der Waals surface area contributed by atoms with Gasteiger partial charge in [0.2, 0.25) is 5.91 Å². The molecular formula is C9H13N3O3S2. The second kappa shape index (κ2) is 4.73. The Hall–Kier alpha value is -0.960. The normalized spacial score (nSPS) is 18.1. The highest BCUT2D eigenvalue weighted by molar-refractivity contribution is 7.91. The van der Waals surface area contributed by atoms with Crippen LogP contribution in [0.3, 0.4) is 0 Å². The van der Waals surface area contributed by atoms with Gasteiger partial charge in [0, 0.05) is 24.5 Å². The zero-order valence-electron chi connectivity index (χ0n) is 9.05. The molecule has 1 aliphatic heterocycles. The summed E-state index contributed by atoms with van der Waals surface area (Å²) in [7, 11) is -3.55. The van der Waals surface area contributed by atoms with Crippen molar-refractivity contribution in [1.29, 1.82) is 0 Å². The van der Waals surface area contributed by atoms with Gasteiger partial charge in [-0.3, -0.25) is 4.79 Å². The lowest BCUT2D eigenvalue weighted by atomic mass is 10.4. The highest BCUT2D eigenvalue weighted by atomic mass is 32.2. The standard InChI is InChI=1S/C9H13N3O3S2/c10-5-7-1-2-9(16-7)17(14,15)12-4-3-11-8(13)6-12/h1-2H,3-6,10H2,(H,11,13). The SMILES string of the molecule is NCc1ccc(S(=O)(=O)N2CCNC(=O)C2)s1. The number of nitrogens with zero attached hydrogens (tertiary/aromatic N) is 1. The third-order valence-corrected chi connectivity index (χ3v) is 5.86. The molecule has 1 amide bonds. The van der Waals surface area contributed by atoms with E-state index in [-0.39, 0.29) is 16.7 Å². The van der Waals surface area contributed by atoms with Gasteiger partial charge in [0.25, 0.3) is 10.0 Å². The summed E-state index contributed by atoms with van der Waals surface area (Å²) >= 11 is 1.15. The van der Waals surface area contributed by atoms with Crippen LogP contribution in [0.2, 0.25) is 0 Å². The number of rotatable bonds is 3. The molecule has 6 nitrogen and oxygen atoms in total. The molecule has 0 spiro atoms. The summed E-state index contributed by atoms with van der Waals surface area (Å²) in [6.07, 6.45) is 0. The van der Waals surface area contributed by atoms with Crippen molar-refractivity contribution in [3.05, 3.63) is 17.0 Å². The fraction of sp³-hybridized carbons (Fsp3) is 0.444. The molecule has 1 aromatic rings. The topological polar surface area (TPSA) is 92.5 Å². The first-order valence-electron chi connectivity index (χ1n) is 5.09. The molecule has 2 heterocycles. The van der Waals surface area contributed by atoms with Gasteiger partial charge < -0.3 is 11.1 Å². The van der Waals surface area contributed by atoms with E-state index in [9.17, 15) is 13.2 Å². The van der Waals surface area contributed by atoms with E-state index in [1.54, 1.807) is 6.07 Å². The van der Waals surface area contributed by atoms with Crippen LogP contribution in [0, 0.1) is 0 Å². The van der Waals surface area contributed by atoms with Gasteiger partial charge in [-0.05, 0) is 12.1 Å². The summed E-state index contributed by atoms with van der Waals surface area (Å²) in [5.74, 6) is -0.268. The minimum atomic E-state index is -3.55. The molecule has 0 unspecified atom stereocenters. The van der Waals surface area contributed by atoms with Crippen LogP contribution in [0.4, 0.5) is 0 Å². The van der Waals surface area contributed by atoms with Gasteiger partial charge >= 0.3 is 0 Å². The maximum absolute atomic E-state index is 12.2. The van der Waals surface area contributed by atoms with Gasteiger partial charge in [0.15, 0.2) is 0 Å². The highest BCUT2D eigenvalue weighted by Crippen LogP contribution is 2.24. The molecule has 1 saturated heterocycles. The molecule has 2 rings (SSSR count). The van der Waals surface area contributed by atoms with Crippen LogP contribution in [-0.4, -0.2) is 38.3 Å². The quantitative estimate of drug-likeness (QED) is 0.765. The first-order chi connectivity index (χ1) is 8.04. The van der Waals surface area contributed by atoms with Gasteiger partial charge in [-0.25, -0.2) is 8.42 Å². The lowest BCUT2D eigenvalue weighted by molar-refractivity contribution is -0.122. The van der Waals surface area contributed by atoms with Gasteiger partial charge in [-0.2, -0.15) is 4.31 Å². The average Bonchev–Trinajstić information content (AvgIpc) is 2.78. The minimum absolute atomic E-state index is 0.113. The molecular weight excluding hydrogens is 262 g/mol. The molecule has 94 valence electrons. The van der Waals surface area contributed by atoms with Crippen LogP contribution in [0.1, 0.15) is 4.88 Å².